The zero-order valence-electron chi connectivity index (χ0n) is 14.3. The Morgan fingerprint density at radius 1 is 1.41 bits per heavy atom. The molecule has 1 saturated heterocycles. The van der Waals surface area contributed by atoms with Crippen LogP contribution in [0.5, 0.6) is 0 Å². The maximum Gasteiger partial charge on any atom is 0.308 e. The Morgan fingerprint density at radius 2 is 2.00 bits per heavy atom. The number of hydrogen-bond acceptors (Lipinski definition) is 3. The number of rotatable bonds is 6. The second-order valence-electron chi connectivity index (χ2n) is 6.15. The molecule has 22 heavy (non-hydrogen) atoms. The Morgan fingerprint density at radius 3 is 2.45 bits per heavy atom. The number of carbonyl (C=O) groups is 1. The maximum absolute atomic E-state index is 10.8. The van der Waals surface area contributed by atoms with Crippen LogP contribution in [0.3, 0.4) is 0 Å². The lowest BCUT2D eigenvalue weighted by Crippen LogP contribution is -2.19. The Kier molecular flexibility index (Phi) is 7.60. The Bertz CT molecular complexity index is 435. The SMILES string of the molecule is CCOC(=O)C(C)CC.[CH2]C(C)(CC1CO1)c1ccccc1. The van der Waals surface area contributed by atoms with Gasteiger partial charge >= 0.3 is 5.97 Å². The van der Waals surface area contributed by atoms with Gasteiger partial charge in [-0.1, -0.05) is 51.1 Å². The van der Waals surface area contributed by atoms with Gasteiger partial charge in [-0.25, -0.2) is 0 Å². The number of esters is 1. The van der Waals surface area contributed by atoms with Crippen molar-refractivity contribution in [2.45, 2.75) is 52.1 Å². The van der Waals surface area contributed by atoms with Crippen molar-refractivity contribution in [2.24, 2.45) is 5.92 Å². The van der Waals surface area contributed by atoms with E-state index in [4.69, 9.17) is 9.47 Å². The van der Waals surface area contributed by atoms with E-state index in [9.17, 15) is 4.79 Å². The number of benzene rings is 1. The highest BCUT2D eigenvalue weighted by molar-refractivity contribution is 5.71. The van der Waals surface area contributed by atoms with Crippen LogP contribution in [-0.2, 0) is 19.7 Å². The molecule has 0 spiro atoms. The van der Waals surface area contributed by atoms with Crippen LogP contribution in [0.25, 0.3) is 0 Å². The fraction of sp³-hybridized carbons (Fsp3) is 0.579. The van der Waals surface area contributed by atoms with E-state index in [2.05, 4.69) is 38.1 Å². The third-order valence-electron chi connectivity index (χ3n) is 3.85. The van der Waals surface area contributed by atoms with Gasteiger partial charge in [0.2, 0.25) is 0 Å². The first-order valence-electron chi connectivity index (χ1n) is 8.09. The molecule has 1 radical (unpaired) electrons. The summed E-state index contributed by atoms with van der Waals surface area (Å²) in [5.74, 6) is -0.0232. The second kappa shape index (κ2) is 8.94. The van der Waals surface area contributed by atoms with Gasteiger partial charge < -0.3 is 9.47 Å². The smallest absolute Gasteiger partial charge is 0.308 e. The van der Waals surface area contributed by atoms with Crippen LogP contribution in [0.1, 0.15) is 46.1 Å². The van der Waals surface area contributed by atoms with E-state index in [0.717, 1.165) is 19.4 Å². The molecule has 3 nitrogen and oxygen atoms in total. The van der Waals surface area contributed by atoms with Crippen LogP contribution in [0.4, 0.5) is 0 Å². The molecule has 123 valence electrons. The van der Waals surface area contributed by atoms with Gasteiger partial charge in [0.15, 0.2) is 0 Å². The number of hydrogen-bond donors (Lipinski definition) is 0. The average Bonchev–Trinajstić information content (AvgIpc) is 3.31. The van der Waals surface area contributed by atoms with Crippen LogP contribution in [0.2, 0.25) is 0 Å². The lowest BCUT2D eigenvalue weighted by atomic mass is 9.81. The van der Waals surface area contributed by atoms with Crippen molar-refractivity contribution < 1.29 is 14.3 Å². The summed E-state index contributed by atoms with van der Waals surface area (Å²) in [5.41, 5.74) is 1.30. The summed E-state index contributed by atoms with van der Waals surface area (Å²) < 4.78 is 9.98. The van der Waals surface area contributed by atoms with E-state index in [1.807, 2.05) is 26.8 Å². The van der Waals surface area contributed by atoms with Crippen molar-refractivity contribution in [1.82, 2.24) is 0 Å². The van der Waals surface area contributed by atoms with Gasteiger partial charge in [0.1, 0.15) is 0 Å². The predicted molar refractivity (Wildman–Crippen MR) is 89.6 cm³/mol. The molecule has 0 aliphatic carbocycles. The van der Waals surface area contributed by atoms with Crippen LogP contribution in [0.15, 0.2) is 30.3 Å². The van der Waals surface area contributed by atoms with Crippen LogP contribution >= 0.6 is 0 Å². The topological polar surface area (TPSA) is 38.8 Å². The van der Waals surface area contributed by atoms with Crippen molar-refractivity contribution in [2.75, 3.05) is 13.2 Å². The molecular weight excluding hydrogens is 276 g/mol. The van der Waals surface area contributed by atoms with Gasteiger partial charge in [0, 0.05) is 0 Å². The molecule has 3 atom stereocenters. The molecule has 0 N–H and O–H groups in total. The largest absolute Gasteiger partial charge is 0.466 e. The van der Waals surface area contributed by atoms with Crippen LogP contribution in [0, 0.1) is 12.8 Å². The molecule has 1 fully saturated rings. The molecule has 2 rings (SSSR count). The zero-order chi connectivity index (χ0) is 16.6. The summed E-state index contributed by atoms with van der Waals surface area (Å²) in [6.45, 7) is 13.5. The van der Waals surface area contributed by atoms with E-state index in [1.165, 1.54) is 5.56 Å². The summed E-state index contributed by atoms with van der Waals surface area (Å²) in [4.78, 5) is 10.8. The van der Waals surface area contributed by atoms with E-state index in [1.54, 1.807) is 0 Å². The van der Waals surface area contributed by atoms with Crippen LogP contribution in [-0.4, -0.2) is 25.3 Å². The summed E-state index contributed by atoms with van der Waals surface area (Å²) in [6, 6.07) is 10.4. The molecule has 3 heteroatoms. The Labute approximate surface area is 135 Å². The predicted octanol–water partition coefficient (Wildman–Crippen LogP) is 4.16. The average molecular weight is 305 g/mol. The quantitative estimate of drug-likeness (QED) is 0.585. The molecule has 1 aliphatic heterocycles. The lowest BCUT2D eigenvalue weighted by molar-refractivity contribution is -0.147. The molecule has 1 aromatic rings. The minimum Gasteiger partial charge on any atom is -0.466 e. The molecule has 0 bridgehead atoms. The standard InChI is InChI=1S/C12H15O.C7H14O2/c1-12(2,8-11-9-13-11)10-6-4-3-5-7-10;1-4-6(3)7(8)9-5-2/h3-7,11H,1,8-9H2,2H3;6H,4-5H2,1-3H3. The molecule has 1 heterocycles. The summed E-state index contributed by atoms with van der Waals surface area (Å²) >= 11 is 0. The molecular formula is C19H29O3. The third-order valence-corrected chi connectivity index (χ3v) is 3.85. The van der Waals surface area contributed by atoms with E-state index < -0.39 is 0 Å². The van der Waals surface area contributed by atoms with Gasteiger partial charge in [0.05, 0.1) is 25.2 Å². The van der Waals surface area contributed by atoms with Crippen molar-refractivity contribution in [3.8, 4) is 0 Å². The Balaban J connectivity index is 0.000000239. The highest BCUT2D eigenvalue weighted by Crippen LogP contribution is 2.32. The fourth-order valence-corrected chi connectivity index (χ4v) is 2.10. The Hall–Kier alpha value is -1.35. The number of carbonyl (C=O) groups excluding carboxylic acids is 1. The molecule has 0 aromatic heterocycles. The van der Waals surface area contributed by atoms with Crippen molar-refractivity contribution in [3.63, 3.8) is 0 Å². The number of ether oxygens (including phenoxy) is 2. The molecule has 0 amide bonds. The van der Waals surface area contributed by atoms with Crippen LogP contribution < -0.4 is 0 Å². The van der Waals surface area contributed by atoms with E-state index in [-0.39, 0.29) is 17.3 Å². The minimum absolute atomic E-state index is 0.00241. The number of epoxide rings is 1. The van der Waals surface area contributed by atoms with Crippen molar-refractivity contribution in [1.29, 1.82) is 0 Å². The van der Waals surface area contributed by atoms with Crippen molar-refractivity contribution >= 4 is 5.97 Å². The molecule has 1 aliphatic rings. The first kappa shape index (κ1) is 18.7. The second-order valence-corrected chi connectivity index (χ2v) is 6.15. The molecule has 0 saturated carbocycles. The minimum atomic E-state index is -0.0833. The first-order chi connectivity index (χ1) is 10.4. The van der Waals surface area contributed by atoms with E-state index in [0.29, 0.717) is 12.7 Å². The lowest BCUT2D eigenvalue weighted by Gasteiger charge is -2.23. The van der Waals surface area contributed by atoms with Gasteiger partial charge in [-0.05, 0) is 37.7 Å². The molecule has 1 aromatic carbocycles. The fourth-order valence-electron chi connectivity index (χ4n) is 2.10. The summed E-state index contributed by atoms with van der Waals surface area (Å²) in [7, 11) is 0. The maximum atomic E-state index is 10.8. The monoisotopic (exact) mass is 305 g/mol. The van der Waals surface area contributed by atoms with Gasteiger partial charge in [-0.15, -0.1) is 0 Å². The molecule has 3 unspecified atom stereocenters. The van der Waals surface area contributed by atoms with Gasteiger partial charge in [0.25, 0.3) is 0 Å². The summed E-state index contributed by atoms with van der Waals surface area (Å²) in [5, 5.41) is 0. The van der Waals surface area contributed by atoms with Crippen molar-refractivity contribution in [3.05, 3.63) is 42.8 Å². The van der Waals surface area contributed by atoms with Gasteiger partial charge in [-0.3, -0.25) is 4.79 Å². The summed E-state index contributed by atoms with van der Waals surface area (Å²) in [6.07, 6.45) is 2.33. The zero-order valence-corrected chi connectivity index (χ0v) is 14.3. The third kappa shape index (κ3) is 6.61. The highest BCUT2D eigenvalue weighted by Gasteiger charge is 2.32. The van der Waals surface area contributed by atoms with Gasteiger partial charge in [-0.2, -0.15) is 0 Å². The highest BCUT2D eigenvalue weighted by atomic mass is 16.6. The normalized spacial score (nSPS) is 18.0. The first-order valence-corrected chi connectivity index (χ1v) is 8.09. The van der Waals surface area contributed by atoms with E-state index >= 15 is 0 Å².